The van der Waals surface area contributed by atoms with Gasteiger partial charge in [0.2, 0.25) is 0 Å². The summed E-state index contributed by atoms with van der Waals surface area (Å²) in [6.07, 6.45) is 0.00601. The van der Waals surface area contributed by atoms with Crippen molar-refractivity contribution in [3.63, 3.8) is 0 Å². The monoisotopic (exact) mass is 345 g/mol. The van der Waals surface area contributed by atoms with E-state index in [1.54, 1.807) is 6.07 Å². The van der Waals surface area contributed by atoms with Crippen LogP contribution in [0.2, 0.25) is 0 Å². The van der Waals surface area contributed by atoms with Gasteiger partial charge >= 0.3 is 0 Å². The van der Waals surface area contributed by atoms with E-state index < -0.39 is 6.10 Å². The molecule has 1 aliphatic rings. The van der Waals surface area contributed by atoms with Crippen LogP contribution in [0.5, 0.6) is 0 Å². The van der Waals surface area contributed by atoms with Crippen LogP contribution in [0.15, 0.2) is 46.9 Å². The summed E-state index contributed by atoms with van der Waals surface area (Å²) in [7, 11) is 0. The molecule has 21 heavy (non-hydrogen) atoms. The van der Waals surface area contributed by atoms with Gasteiger partial charge in [-0.3, -0.25) is 4.79 Å². The Labute approximate surface area is 132 Å². The number of halogens is 1. The van der Waals surface area contributed by atoms with Crippen molar-refractivity contribution in [3.8, 4) is 0 Å². The van der Waals surface area contributed by atoms with Gasteiger partial charge in [-0.25, -0.2) is 0 Å². The summed E-state index contributed by atoms with van der Waals surface area (Å²) in [5.41, 5.74) is 3.77. The molecule has 2 aromatic rings. The number of rotatable bonds is 2. The summed E-state index contributed by atoms with van der Waals surface area (Å²) >= 11 is 3.42. The van der Waals surface area contributed by atoms with Crippen molar-refractivity contribution in [2.45, 2.75) is 25.5 Å². The first kappa shape index (κ1) is 14.3. The molecule has 0 spiro atoms. The minimum atomic E-state index is -0.574. The van der Waals surface area contributed by atoms with E-state index in [-0.39, 0.29) is 11.9 Å². The lowest BCUT2D eigenvalue weighted by Gasteiger charge is -2.18. The van der Waals surface area contributed by atoms with Crippen LogP contribution in [0.25, 0.3) is 0 Å². The SMILES string of the molecule is Cc1ccc(C(=O)NC2c3ccccc3CC2O)c(Br)c1. The highest BCUT2D eigenvalue weighted by Crippen LogP contribution is 2.31. The molecule has 108 valence electrons. The molecule has 0 bridgehead atoms. The number of carbonyl (C=O) groups excluding carboxylic acids is 1. The van der Waals surface area contributed by atoms with Crippen LogP contribution in [0.3, 0.4) is 0 Å². The number of aliphatic hydroxyl groups excluding tert-OH is 1. The number of fused-ring (bicyclic) bond motifs is 1. The molecule has 4 heteroatoms. The molecular formula is C17H16BrNO2. The van der Waals surface area contributed by atoms with Gasteiger partial charge in [-0.2, -0.15) is 0 Å². The van der Waals surface area contributed by atoms with Gasteiger partial charge < -0.3 is 10.4 Å². The first-order chi connectivity index (χ1) is 10.1. The Hall–Kier alpha value is -1.65. The number of benzene rings is 2. The molecule has 0 heterocycles. The maximum Gasteiger partial charge on any atom is 0.252 e. The molecule has 3 nitrogen and oxygen atoms in total. The molecule has 2 N–H and O–H groups in total. The zero-order chi connectivity index (χ0) is 15.0. The highest BCUT2D eigenvalue weighted by atomic mass is 79.9. The Balaban J connectivity index is 1.85. The smallest absolute Gasteiger partial charge is 0.252 e. The minimum Gasteiger partial charge on any atom is -0.390 e. The summed E-state index contributed by atoms with van der Waals surface area (Å²) in [4.78, 5) is 12.4. The zero-order valence-electron chi connectivity index (χ0n) is 11.6. The lowest BCUT2D eigenvalue weighted by Crippen LogP contribution is -2.34. The Morgan fingerprint density at radius 1 is 1.29 bits per heavy atom. The van der Waals surface area contributed by atoms with Gasteiger partial charge in [-0.05, 0) is 51.7 Å². The molecule has 0 saturated heterocycles. The van der Waals surface area contributed by atoms with Crippen molar-refractivity contribution < 1.29 is 9.90 Å². The second kappa shape index (κ2) is 5.62. The maximum absolute atomic E-state index is 12.4. The third-order valence-corrected chi connectivity index (χ3v) is 4.52. The molecule has 1 aliphatic carbocycles. The highest BCUT2D eigenvalue weighted by Gasteiger charge is 2.32. The second-order valence-corrected chi connectivity index (χ2v) is 6.26. The van der Waals surface area contributed by atoms with E-state index in [2.05, 4.69) is 21.2 Å². The Bertz CT molecular complexity index is 699. The Morgan fingerprint density at radius 2 is 2.05 bits per heavy atom. The van der Waals surface area contributed by atoms with Crippen LogP contribution < -0.4 is 5.32 Å². The molecule has 1 amide bonds. The molecule has 0 radical (unpaired) electrons. The van der Waals surface area contributed by atoms with Crippen molar-refractivity contribution in [3.05, 3.63) is 69.2 Å². The standard InChI is InChI=1S/C17H16BrNO2/c1-10-6-7-13(14(18)8-10)17(21)19-16-12-5-3-2-4-11(12)9-15(16)20/h2-8,15-16,20H,9H2,1H3,(H,19,21). The van der Waals surface area contributed by atoms with Crippen LogP contribution in [-0.2, 0) is 6.42 Å². The molecule has 3 rings (SSSR count). The third-order valence-electron chi connectivity index (χ3n) is 3.86. The van der Waals surface area contributed by atoms with Gasteiger partial charge in [0.05, 0.1) is 17.7 Å². The van der Waals surface area contributed by atoms with Gasteiger partial charge in [-0.15, -0.1) is 0 Å². The van der Waals surface area contributed by atoms with Crippen LogP contribution >= 0.6 is 15.9 Å². The van der Waals surface area contributed by atoms with Gasteiger partial charge in [0.1, 0.15) is 0 Å². The van der Waals surface area contributed by atoms with E-state index in [9.17, 15) is 9.90 Å². The maximum atomic E-state index is 12.4. The van der Waals surface area contributed by atoms with Gasteiger partial charge in [0, 0.05) is 10.9 Å². The predicted molar refractivity (Wildman–Crippen MR) is 85.2 cm³/mol. The molecule has 0 fully saturated rings. The molecule has 0 aromatic heterocycles. The number of hydrogen-bond acceptors (Lipinski definition) is 2. The van der Waals surface area contributed by atoms with Crippen LogP contribution in [0.4, 0.5) is 0 Å². The molecule has 0 saturated carbocycles. The Kier molecular flexibility index (Phi) is 3.83. The van der Waals surface area contributed by atoms with E-state index in [4.69, 9.17) is 0 Å². The van der Waals surface area contributed by atoms with E-state index in [1.165, 1.54) is 0 Å². The van der Waals surface area contributed by atoms with Gasteiger partial charge in [0.15, 0.2) is 0 Å². The van der Waals surface area contributed by atoms with E-state index in [0.717, 1.165) is 21.2 Å². The minimum absolute atomic E-state index is 0.178. The normalized spacial score (nSPS) is 20.1. The summed E-state index contributed by atoms with van der Waals surface area (Å²) in [6.45, 7) is 1.98. The van der Waals surface area contributed by atoms with Crippen molar-refractivity contribution in [2.24, 2.45) is 0 Å². The van der Waals surface area contributed by atoms with Crippen molar-refractivity contribution in [1.29, 1.82) is 0 Å². The first-order valence-electron chi connectivity index (χ1n) is 6.89. The van der Waals surface area contributed by atoms with Crippen molar-refractivity contribution in [2.75, 3.05) is 0 Å². The number of amides is 1. The number of carbonyl (C=O) groups is 1. The number of nitrogens with one attached hydrogen (secondary N) is 1. The van der Waals surface area contributed by atoms with Crippen LogP contribution in [0, 0.1) is 6.92 Å². The molecule has 2 atom stereocenters. The molecule has 0 aliphatic heterocycles. The summed E-state index contributed by atoms with van der Waals surface area (Å²) in [5, 5.41) is 13.1. The van der Waals surface area contributed by atoms with E-state index in [1.807, 2.05) is 43.3 Å². The predicted octanol–water partition coefficient (Wildman–Crippen LogP) is 3.15. The summed E-state index contributed by atoms with van der Waals surface area (Å²) < 4.78 is 0.765. The van der Waals surface area contributed by atoms with Crippen LogP contribution in [-0.4, -0.2) is 17.1 Å². The number of hydrogen-bond donors (Lipinski definition) is 2. The molecular weight excluding hydrogens is 330 g/mol. The second-order valence-electron chi connectivity index (χ2n) is 5.40. The largest absolute Gasteiger partial charge is 0.390 e. The fourth-order valence-electron chi connectivity index (χ4n) is 2.77. The lowest BCUT2D eigenvalue weighted by atomic mass is 10.1. The first-order valence-corrected chi connectivity index (χ1v) is 7.68. The summed E-state index contributed by atoms with van der Waals surface area (Å²) in [5.74, 6) is -0.178. The van der Waals surface area contributed by atoms with Crippen LogP contribution in [0.1, 0.15) is 33.1 Å². The van der Waals surface area contributed by atoms with E-state index >= 15 is 0 Å². The summed E-state index contributed by atoms with van der Waals surface area (Å²) in [6, 6.07) is 13.1. The van der Waals surface area contributed by atoms with Gasteiger partial charge in [-0.1, -0.05) is 30.3 Å². The highest BCUT2D eigenvalue weighted by molar-refractivity contribution is 9.10. The average molecular weight is 346 g/mol. The molecule has 2 unspecified atom stereocenters. The van der Waals surface area contributed by atoms with Crippen molar-refractivity contribution >= 4 is 21.8 Å². The number of aliphatic hydroxyl groups is 1. The zero-order valence-corrected chi connectivity index (χ0v) is 13.2. The van der Waals surface area contributed by atoms with Crippen molar-refractivity contribution in [1.82, 2.24) is 5.32 Å². The quantitative estimate of drug-likeness (QED) is 0.878. The van der Waals surface area contributed by atoms with E-state index in [0.29, 0.717) is 12.0 Å². The fourth-order valence-corrected chi connectivity index (χ4v) is 3.44. The van der Waals surface area contributed by atoms with Gasteiger partial charge in [0.25, 0.3) is 5.91 Å². The number of aryl methyl sites for hydroxylation is 1. The topological polar surface area (TPSA) is 49.3 Å². The lowest BCUT2D eigenvalue weighted by molar-refractivity contribution is 0.0857. The molecule has 2 aromatic carbocycles. The fraction of sp³-hybridized carbons (Fsp3) is 0.235. The average Bonchev–Trinajstić information content (AvgIpc) is 2.75. The Morgan fingerprint density at radius 3 is 2.81 bits per heavy atom. The third kappa shape index (κ3) is 2.74.